The number of benzene rings is 2. The summed E-state index contributed by atoms with van der Waals surface area (Å²) >= 11 is 0. The van der Waals surface area contributed by atoms with Gasteiger partial charge in [-0.25, -0.2) is 14.1 Å². The molecule has 1 amide bonds. The number of hydrogen-bond donors (Lipinski definition) is 1. The van der Waals surface area contributed by atoms with Gasteiger partial charge in [0.15, 0.2) is 0 Å². The van der Waals surface area contributed by atoms with Crippen molar-refractivity contribution in [1.29, 1.82) is 0 Å². The van der Waals surface area contributed by atoms with Crippen molar-refractivity contribution < 1.29 is 40.5 Å². The van der Waals surface area contributed by atoms with Crippen LogP contribution in [-0.4, -0.2) is 37.9 Å². The number of nitrogens with zero attached hydrogens (tertiary/aromatic N) is 4. The van der Waals surface area contributed by atoms with E-state index in [2.05, 4.69) is 15.4 Å². The minimum absolute atomic E-state index is 0.0117. The quantitative estimate of drug-likeness (QED) is 0.260. The van der Waals surface area contributed by atoms with Crippen molar-refractivity contribution in [3.8, 4) is 5.69 Å². The molecule has 0 fully saturated rings. The number of aryl methyl sites for hydroxylation is 2. The Labute approximate surface area is 197 Å². The van der Waals surface area contributed by atoms with Crippen LogP contribution >= 0.6 is 0 Å². The second-order valence-electron chi connectivity index (χ2n) is 7.59. The third kappa shape index (κ3) is 4.59. The standard InChI is InChI=1S/C21H16F7N5O3/c1-3-12-7-14(19(22,20(23,24)25)21(26,27)28)6-11(2)17(12)31-18(34)13-4-5-15(16(8-13)33(35)36)32-10-29-9-30-32/h4-10H,3H2,1-2H3,(H,31,34). The van der Waals surface area contributed by atoms with Gasteiger partial charge >= 0.3 is 18.0 Å². The van der Waals surface area contributed by atoms with E-state index in [4.69, 9.17) is 0 Å². The van der Waals surface area contributed by atoms with Gasteiger partial charge in [0, 0.05) is 22.9 Å². The van der Waals surface area contributed by atoms with E-state index in [0.29, 0.717) is 12.1 Å². The predicted molar refractivity (Wildman–Crippen MR) is 111 cm³/mol. The van der Waals surface area contributed by atoms with Crippen molar-refractivity contribution in [1.82, 2.24) is 14.8 Å². The number of halogens is 7. The third-order valence-electron chi connectivity index (χ3n) is 5.32. The molecule has 1 aromatic heterocycles. The van der Waals surface area contributed by atoms with Gasteiger partial charge in [-0.2, -0.15) is 31.4 Å². The number of nitro groups is 1. The molecule has 1 heterocycles. The molecule has 0 aliphatic rings. The first kappa shape index (κ1) is 26.6. The first-order valence-electron chi connectivity index (χ1n) is 10.0. The van der Waals surface area contributed by atoms with Crippen LogP contribution in [0.2, 0.25) is 0 Å². The lowest BCUT2D eigenvalue weighted by Crippen LogP contribution is -2.50. The van der Waals surface area contributed by atoms with Gasteiger partial charge in [-0.3, -0.25) is 14.9 Å². The predicted octanol–water partition coefficient (Wildman–Crippen LogP) is 5.59. The highest BCUT2D eigenvalue weighted by molar-refractivity contribution is 6.05. The molecule has 0 unspecified atom stereocenters. The van der Waals surface area contributed by atoms with E-state index >= 15 is 0 Å². The first-order valence-corrected chi connectivity index (χ1v) is 10.0. The van der Waals surface area contributed by atoms with E-state index in [1.807, 2.05) is 0 Å². The summed E-state index contributed by atoms with van der Waals surface area (Å²) in [4.78, 5) is 27.2. The van der Waals surface area contributed by atoms with E-state index in [9.17, 15) is 45.6 Å². The van der Waals surface area contributed by atoms with Crippen molar-refractivity contribution in [2.75, 3.05) is 5.32 Å². The third-order valence-corrected chi connectivity index (χ3v) is 5.32. The number of carbonyl (C=O) groups is 1. The maximum Gasteiger partial charge on any atom is 0.435 e. The van der Waals surface area contributed by atoms with Gasteiger partial charge in [-0.05, 0) is 42.7 Å². The first-order chi connectivity index (χ1) is 16.6. The Kier molecular flexibility index (Phi) is 6.79. The number of hydrogen-bond acceptors (Lipinski definition) is 5. The molecule has 36 heavy (non-hydrogen) atoms. The van der Waals surface area contributed by atoms with E-state index in [1.165, 1.54) is 25.4 Å². The summed E-state index contributed by atoms with van der Waals surface area (Å²) < 4.78 is 94.8. The summed E-state index contributed by atoms with van der Waals surface area (Å²) in [5.74, 6) is -0.938. The second kappa shape index (κ2) is 9.20. The zero-order chi connectivity index (χ0) is 27.1. The Hall–Kier alpha value is -4.04. The minimum Gasteiger partial charge on any atom is -0.321 e. The summed E-state index contributed by atoms with van der Waals surface area (Å²) in [6, 6.07) is 4.07. The molecule has 1 N–H and O–H groups in total. The molecule has 3 rings (SSSR count). The fraction of sp³-hybridized carbons (Fsp3) is 0.286. The Morgan fingerprint density at radius 3 is 2.22 bits per heavy atom. The number of anilines is 1. The van der Waals surface area contributed by atoms with Gasteiger partial charge < -0.3 is 5.32 Å². The van der Waals surface area contributed by atoms with Crippen LogP contribution < -0.4 is 5.32 Å². The molecule has 0 radical (unpaired) electrons. The van der Waals surface area contributed by atoms with Crippen LogP contribution in [0.1, 0.15) is 34.0 Å². The van der Waals surface area contributed by atoms with Crippen molar-refractivity contribution >= 4 is 17.3 Å². The molecular formula is C21H16F7N5O3. The number of nitrogens with one attached hydrogen (secondary N) is 1. The highest BCUT2D eigenvalue weighted by atomic mass is 19.4. The number of carbonyl (C=O) groups excluding carboxylic acids is 1. The average Bonchev–Trinajstić information content (AvgIpc) is 3.32. The van der Waals surface area contributed by atoms with E-state index < -0.39 is 40.1 Å². The van der Waals surface area contributed by atoms with E-state index in [1.54, 1.807) is 0 Å². The maximum atomic E-state index is 14.6. The summed E-state index contributed by atoms with van der Waals surface area (Å²) in [7, 11) is 0. The van der Waals surface area contributed by atoms with Crippen molar-refractivity contribution in [3.05, 3.63) is 75.4 Å². The average molecular weight is 519 g/mol. The normalized spacial score (nSPS) is 12.5. The minimum atomic E-state index is -6.29. The fourth-order valence-corrected chi connectivity index (χ4v) is 3.53. The molecule has 15 heteroatoms. The number of aromatic nitrogens is 3. The lowest BCUT2D eigenvalue weighted by molar-refractivity contribution is -0.384. The lowest BCUT2D eigenvalue weighted by Gasteiger charge is -2.31. The SMILES string of the molecule is CCc1cc(C(F)(C(F)(F)F)C(F)(F)F)cc(C)c1NC(=O)c1ccc(-n2cncn2)c([N+](=O)[O-])c1. The molecule has 3 aromatic rings. The van der Waals surface area contributed by atoms with Gasteiger partial charge in [0.05, 0.1) is 4.92 Å². The lowest BCUT2D eigenvalue weighted by atomic mass is 9.89. The summed E-state index contributed by atoms with van der Waals surface area (Å²) in [5, 5.41) is 17.6. The molecule has 0 aliphatic carbocycles. The van der Waals surface area contributed by atoms with Crippen LogP contribution in [0.25, 0.3) is 5.69 Å². The Morgan fingerprint density at radius 1 is 1.08 bits per heavy atom. The highest BCUT2D eigenvalue weighted by Crippen LogP contribution is 2.53. The molecule has 0 saturated carbocycles. The molecule has 0 aliphatic heterocycles. The largest absolute Gasteiger partial charge is 0.435 e. The number of alkyl halides is 7. The smallest absolute Gasteiger partial charge is 0.321 e. The molecule has 192 valence electrons. The molecule has 0 spiro atoms. The Bertz CT molecular complexity index is 1290. The fourth-order valence-electron chi connectivity index (χ4n) is 3.53. The summed E-state index contributed by atoms with van der Waals surface area (Å²) in [6.07, 6.45) is -10.4. The van der Waals surface area contributed by atoms with Crippen LogP contribution in [0.4, 0.5) is 42.1 Å². The Balaban J connectivity index is 2.03. The van der Waals surface area contributed by atoms with Gasteiger partial charge in [0.1, 0.15) is 18.3 Å². The zero-order valence-corrected chi connectivity index (χ0v) is 18.4. The molecule has 8 nitrogen and oxygen atoms in total. The van der Waals surface area contributed by atoms with Crippen molar-refractivity contribution in [2.45, 2.75) is 38.3 Å². The van der Waals surface area contributed by atoms with Crippen molar-refractivity contribution in [2.24, 2.45) is 0 Å². The monoisotopic (exact) mass is 519 g/mol. The number of rotatable bonds is 6. The second-order valence-corrected chi connectivity index (χ2v) is 7.59. The van der Waals surface area contributed by atoms with Crippen molar-refractivity contribution in [3.63, 3.8) is 0 Å². The summed E-state index contributed by atoms with van der Waals surface area (Å²) in [5.41, 5.74) is -8.71. The summed E-state index contributed by atoms with van der Waals surface area (Å²) in [6.45, 7) is 2.48. The number of amides is 1. The van der Waals surface area contributed by atoms with Crippen LogP contribution in [0.3, 0.4) is 0 Å². The van der Waals surface area contributed by atoms with Crippen LogP contribution in [-0.2, 0) is 12.1 Å². The van der Waals surface area contributed by atoms with Crippen LogP contribution in [0.15, 0.2) is 43.0 Å². The van der Waals surface area contributed by atoms with Crippen LogP contribution in [0, 0.1) is 17.0 Å². The zero-order valence-electron chi connectivity index (χ0n) is 18.4. The topological polar surface area (TPSA) is 103 Å². The van der Waals surface area contributed by atoms with Gasteiger partial charge in [-0.15, -0.1) is 0 Å². The molecule has 0 saturated heterocycles. The number of nitro benzene ring substituents is 1. The molecular weight excluding hydrogens is 503 g/mol. The highest BCUT2D eigenvalue weighted by Gasteiger charge is 2.73. The van der Waals surface area contributed by atoms with Gasteiger partial charge in [0.2, 0.25) is 0 Å². The van der Waals surface area contributed by atoms with E-state index in [-0.39, 0.29) is 34.5 Å². The molecule has 0 atom stereocenters. The van der Waals surface area contributed by atoms with Crippen LogP contribution in [0.5, 0.6) is 0 Å². The van der Waals surface area contributed by atoms with Gasteiger partial charge in [0.25, 0.3) is 11.6 Å². The Morgan fingerprint density at radius 2 is 1.72 bits per heavy atom. The molecule has 2 aromatic carbocycles. The van der Waals surface area contributed by atoms with Gasteiger partial charge in [-0.1, -0.05) is 13.0 Å². The van der Waals surface area contributed by atoms with E-state index in [0.717, 1.165) is 24.0 Å². The molecule has 0 bridgehead atoms. The maximum absolute atomic E-state index is 14.6.